The van der Waals surface area contributed by atoms with Gasteiger partial charge in [-0.1, -0.05) is 23.1 Å². The van der Waals surface area contributed by atoms with Crippen molar-refractivity contribution in [1.29, 1.82) is 0 Å². The first-order valence-corrected chi connectivity index (χ1v) is 5.75. The lowest BCUT2D eigenvalue weighted by Crippen LogP contribution is -2.12. The molecule has 1 aromatic carbocycles. The van der Waals surface area contributed by atoms with Gasteiger partial charge in [0.1, 0.15) is 0 Å². The monoisotopic (exact) mass is 239 g/mol. The van der Waals surface area contributed by atoms with Crippen molar-refractivity contribution in [2.75, 3.05) is 0 Å². The molecule has 0 N–H and O–H groups in total. The predicted octanol–water partition coefficient (Wildman–Crippen LogP) is 3.17. The van der Waals surface area contributed by atoms with E-state index in [1.807, 2.05) is 37.4 Å². The number of aryl methyl sites for hydroxylation is 2. The normalized spacial score (nSPS) is 10.6. The second kappa shape index (κ2) is 3.83. The van der Waals surface area contributed by atoms with E-state index in [9.17, 15) is 4.79 Å². The fourth-order valence-corrected chi connectivity index (χ4v) is 2.28. The molecule has 2 nitrogen and oxygen atoms in total. The number of benzene rings is 1. The van der Waals surface area contributed by atoms with E-state index in [0.29, 0.717) is 0 Å². The number of hydrogen-bond acceptors (Lipinski definition) is 2. The van der Waals surface area contributed by atoms with Gasteiger partial charge in [0.25, 0.3) is 5.56 Å². The molecule has 15 heavy (non-hydrogen) atoms. The van der Waals surface area contributed by atoms with Crippen molar-refractivity contribution in [2.24, 2.45) is 0 Å². The molecule has 0 bridgehead atoms. The zero-order chi connectivity index (χ0) is 11.0. The van der Waals surface area contributed by atoms with E-state index in [0.717, 1.165) is 21.8 Å². The predicted molar refractivity (Wildman–Crippen MR) is 64.4 cm³/mol. The summed E-state index contributed by atoms with van der Waals surface area (Å²) in [4.78, 5) is 11.7. The third-order valence-corrected chi connectivity index (χ3v) is 3.70. The molecule has 0 saturated heterocycles. The smallest absolute Gasteiger partial charge is 0.268 e. The lowest BCUT2D eigenvalue weighted by Gasteiger charge is -2.03. The summed E-state index contributed by atoms with van der Waals surface area (Å²) in [6.45, 7) is 3.75. The van der Waals surface area contributed by atoms with Crippen molar-refractivity contribution in [3.05, 3.63) is 50.1 Å². The Bertz CT molecular complexity index is 556. The Morgan fingerprint density at radius 3 is 2.53 bits per heavy atom. The van der Waals surface area contributed by atoms with Crippen LogP contribution in [-0.2, 0) is 0 Å². The van der Waals surface area contributed by atoms with Crippen LogP contribution >= 0.6 is 23.1 Å². The first-order chi connectivity index (χ1) is 7.09. The Morgan fingerprint density at radius 2 is 2.00 bits per heavy atom. The first-order valence-electron chi connectivity index (χ1n) is 4.54. The molecular formula is C11H10ClNOS. The molecule has 1 heterocycles. The van der Waals surface area contributed by atoms with Gasteiger partial charge in [0.2, 0.25) is 0 Å². The molecule has 0 aliphatic carbocycles. The van der Waals surface area contributed by atoms with Crippen molar-refractivity contribution >= 4 is 23.1 Å². The molecule has 0 aliphatic rings. The van der Waals surface area contributed by atoms with Crippen molar-refractivity contribution in [3.8, 4) is 5.69 Å². The SMILES string of the molecule is Cc1cc(-n2scc(C)c2=O)ccc1Cl. The van der Waals surface area contributed by atoms with Crippen LogP contribution in [0.25, 0.3) is 5.69 Å². The van der Waals surface area contributed by atoms with Crippen LogP contribution in [0.2, 0.25) is 5.02 Å². The molecule has 0 saturated carbocycles. The van der Waals surface area contributed by atoms with Gasteiger partial charge >= 0.3 is 0 Å². The van der Waals surface area contributed by atoms with E-state index in [1.54, 1.807) is 3.96 Å². The van der Waals surface area contributed by atoms with E-state index in [-0.39, 0.29) is 5.56 Å². The van der Waals surface area contributed by atoms with Crippen LogP contribution in [0.5, 0.6) is 0 Å². The molecule has 4 heteroatoms. The molecule has 0 unspecified atom stereocenters. The second-order valence-electron chi connectivity index (χ2n) is 3.44. The number of halogens is 1. The Balaban J connectivity index is 2.60. The Labute approximate surface area is 96.9 Å². The standard InChI is InChI=1S/C11H10ClNOS/c1-7-5-9(3-4-10(7)12)13-11(14)8(2)6-15-13/h3-6H,1-2H3. The van der Waals surface area contributed by atoms with Crippen molar-refractivity contribution in [3.63, 3.8) is 0 Å². The summed E-state index contributed by atoms with van der Waals surface area (Å²) in [5.41, 5.74) is 2.67. The minimum absolute atomic E-state index is 0.0433. The van der Waals surface area contributed by atoms with E-state index >= 15 is 0 Å². The van der Waals surface area contributed by atoms with Crippen molar-refractivity contribution in [1.82, 2.24) is 3.96 Å². The minimum Gasteiger partial charge on any atom is -0.268 e. The number of hydrogen-bond donors (Lipinski definition) is 0. The molecular weight excluding hydrogens is 230 g/mol. The zero-order valence-electron chi connectivity index (χ0n) is 8.45. The zero-order valence-corrected chi connectivity index (χ0v) is 10.0. The van der Waals surface area contributed by atoms with Crippen LogP contribution in [0, 0.1) is 13.8 Å². The molecule has 0 spiro atoms. The summed E-state index contributed by atoms with van der Waals surface area (Å²) in [6.07, 6.45) is 0. The van der Waals surface area contributed by atoms with Gasteiger partial charge < -0.3 is 0 Å². The second-order valence-corrected chi connectivity index (χ2v) is 4.66. The fraction of sp³-hybridized carbons (Fsp3) is 0.182. The molecule has 0 fully saturated rings. The van der Waals surface area contributed by atoms with E-state index < -0.39 is 0 Å². The van der Waals surface area contributed by atoms with Crippen LogP contribution in [0.15, 0.2) is 28.4 Å². The third kappa shape index (κ3) is 1.85. The average Bonchev–Trinajstić information content (AvgIpc) is 2.53. The minimum atomic E-state index is 0.0433. The fourth-order valence-electron chi connectivity index (χ4n) is 1.32. The molecule has 0 aliphatic heterocycles. The van der Waals surface area contributed by atoms with Crippen molar-refractivity contribution in [2.45, 2.75) is 13.8 Å². The van der Waals surface area contributed by atoms with Crippen LogP contribution in [0.4, 0.5) is 0 Å². The molecule has 0 amide bonds. The van der Waals surface area contributed by atoms with Gasteiger partial charge in [-0.05, 0) is 37.6 Å². The highest BCUT2D eigenvalue weighted by atomic mass is 35.5. The third-order valence-electron chi connectivity index (χ3n) is 2.23. The summed E-state index contributed by atoms with van der Waals surface area (Å²) < 4.78 is 1.67. The molecule has 2 rings (SSSR count). The summed E-state index contributed by atoms with van der Waals surface area (Å²) in [6, 6.07) is 5.58. The molecule has 78 valence electrons. The van der Waals surface area contributed by atoms with E-state index in [1.165, 1.54) is 11.5 Å². The molecule has 0 radical (unpaired) electrons. The maximum absolute atomic E-state index is 11.7. The maximum atomic E-state index is 11.7. The topological polar surface area (TPSA) is 22.0 Å². The summed E-state index contributed by atoms with van der Waals surface area (Å²) >= 11 is 7.33. The van der Waals surface area contributed by atoms with Crippen LogP contribution in [0.1, 0.15) is 11.1 Å². The van der Waals surface area contributed by atoms with Gasteiger partial charge in [-0.2, -0.15) is 0 Å². The van der Waals surface area contributed by atoms with Gasteiger partial charge in [0.15, 0.2) is 0 Å². The van der Waals surface area contributed by atoms with Gasteiger partial charge in [-0.25, -0.2) is 3.96 Å². The molecule has 0 atom stereocenters. The first kappa shape index (κ1) is 10.5. The Hall–Kier alpha value is -1.06. The molecule has 2 aromatic rings. The van der Waals surface area contributed by atoms with Crippen LogP contribution < -0.4 is 5.56 Å². The van der Waals surface area contributed by atoms with E-state index in [2.05, 4.69) is 0 Å². The van der Waals surface area contributed by atoms with Gasteiger partial charge in [-0.3, -0.25) is 4.79 Å². The van der Waals surface area contributed by atoms with Crippen molar-refractivity contribution < 1.29 is 0 Å². The summed E-state index contributed by atoms with van der Waals surface area (Å²) in [5.74, 6) is 0. The number of nitrogens with zero attached hydrogens (tertiary/aromatic N) is 1. The lowest BCUT2D eigenvalue weighted by atomic mass is 10.2. The van der Waals surface area contributed by atoms with Gasteiger partial charge in [0.05, 0.1) is 5.69 Å². The quantitative estimate of drug-likeness (QED) is 0.749. The highest BCUT2D eigenvalue weighted by Gasteiger charge is 2.05. The highest BCUT2D eigenvalue weighted by molar-refractivity contribution is 7.04. The maximum Gasteiger partial charge on any atom is 0.268 e. The number of rotatable bonds is 1. The Kier molecular flexibility index (Phi) is 2.67. The summed E-state index contributed by atoms with van der Waals surface area (Å²) in [7, 11) is 0. The van der Waals surface area contributed by atoms with Crippen LogP contribution in [0.3, 0.4) is 0 Å². The average molecular weight is 240 g/mol. The van der Waals surface area contributed by atoms with Gasteiger partial charge in [0, 0.05) is 16.0 Å². The summed E-state index contributed by atoms with van der Waals surface area (Å²) in [5, 5.41) is 2.58. The Morgan fingerprint density at radius 1 is 1.27 bits per heavy atom. The lowest BCUT2D eigenvalue weighted by molar-refractivity contribution is 1.10. The van der Waals surface area contributed by atoms with Gasteiger partial charge in [-0.15, -0.1) is 0 Å². The van der Waals surface area contributed by atoms with E-state index in [4.69, 9.17) is 11.6 Å². The molecule has 1 aromatic heterocycles. The largest absolute Gasteiger partial charge is 0.268 e. The number of aromatic nitrogens is 1. The highest BCUT2D eigenvalue weighted by Crippen LogP contribution is 2.19. The van der Waals surface area contributed by atoms with Crippen LogP contribution in [-0.4, -0.2) is 3.96 Å².